The number of H-pyrrole nitrogens is 1. The second-order valence-electron chi connectivity index (χ2n) is 8.89. The second-order valence-corrected chi connectivity index (χ2v) is 9.75. The summed E-state index contributed by atoms with van der Waals surface area (Å²) >= 11 is 1.41. The Balaban J connectivity index is 1.35. The van der Waals surface area contributed by atoms with Gasteiger partial charge in [-0.05, 0) is 33.6 Å². The zero-order valence-electron chi connectivity index (χ0n) is 18.2. The highest BCUT2D eigenvalue weighted by atomic mass is 32.1. The van der Waals surface area contributed by atoms with E-state index in [0.717, 1.165) is 53.3 Å². The maximum absolute atomic E-state index is 13.1. The Hall–Kier alpha value is -2.52. The van der Waals surface area contributed by atoms with Gasteiger partial charge >= 0.3 is 0 Å². The van der Waals surface area contributed by atoms with Gasteiger partial charge in [0.1, 0.15) is 4.88 Å². The van der Waals surface area contributed by atoms with Crippen LogP contribution < -0.4 is 5.56 Å². The predicted molar refractivity (Wildman–Crippen MR) is 120 cm³/mol. The normalized spacial score (nSPS) is 18.1. The summed E-state index contributed by atoms with van der Waals surface area (Å²) in [5, 5.41) is 3.32. The number of nitrogens with zero attached hydrogens (tertiary/aromatic N) is 5. The molecule has 0 unspecified atom stereocenters. The third kappa shape index (κ3) is 3.59. The molecule has 0 atom stereocenters. The smallest absolute Gasteiger partial charge is 0.277 e. The summed E-state index contributed by atoms with van der Waals surface area (Å²) in [6.45, 7) is 9.22. The molecule has 2 aliphatic rings. The molecular weight excluding hydrogens is 412 g/mol. The zero-order valence-corrected chi connectivity index (χ0v) is 19.0. The number of aromatic amines is 1. The summed E-state index contributed by atoms with van der Waals surface area (Å²) in [7, 11) is 0. The molecule has 0 aliphatic carbocycles. The number of aromatic nitrogens is 4. The molecular formula is C22H28N6O2S. The Morgan fingerprint density at radius 3 is 2.71 bits per heavy atom. The fourth-order valence-corrected chi connectivity index (χ4v) is 5.48. The SMILES string of the molecule is Cc1ncsc1C(=O)N1CCC(c2cc3nc4c(c(=O)n3[nH]2)CN(C(C)C)CC4)CC1. The molecule has 2 aliphatic heterocycles. The molecule has 9 heteroatoms. The van der Waals surface area contributed by atoms with Gasteiger partial charge in [0, 0.05) is 56.3 Å². The predicted octanol–water partition coefficient (Wildman–Crippen LogP) is 2.57. The van der Waals surface area contributed by atoms with E-state index >= 15 is 0 Å². The highest BCUT2D eigenvalue weighted by Gasteiger charge is 2.28. The number of fused-ring (bicyclic) bond motifs is 2. The van der Waals surface area contributed by atoms with E-state index in [1.54, 1.807) is 10.0 Å². The lowest BCUT2D eigenvalue weighted by Crippen LogP contribution is -2.40. The van der Waals surface area contributed by atoms with E-state index in [9.17, 15) is 9.59 Å². The Morgan fingerprint density at radius 2 is 2.03 bits per heavy atom. The standard InChI is InChI=1S/C22H28N6O2S/c1-13(2)27-9-6-17-16(11-27)21(29)28-19(24-17)10-18(25-28)15-4-7-26(8-5-15)22(30)20-14(3)23-12-31-20/h10,12-13,15,25H,4-9,11H2,1-3H3. The van der Waals surface area contributed by atoms with Crippen molar-refractivity contribution in [3.8, 4) is 0 Å². The minimum absolute atomic E-state index is 0.0184. The van der Waals surface area contributed by atoms with Gasteiger partial charge in [-0.15, -0.1) is 11.3 Å². The maximum Gasteiger partial charge on any atom is 0.277 e. The third-order valence-corrected chi connectivity index (χ3v) is 7.62. The molecule has 31 heavy (non-hydrogen) atoms. The largest absolute Gasteiger partial charge is 0.338 e. The maximum atomic E-state index is 13.1. The monoisotopic (exact) mass is 440 g/mol. The van der Waals surface area contributed by atoms with Crippen molar-refractivity contribution in [1.82, 2.24) is 29.4 Å². The Morgan fingerprint density at radius 1 is 1.26 bits per heavy atom. The van der Waals surface area contributed by atoms with Crippen LogP contribution in [0.2, 0.25) is 0 Å². The first-order chi connectivity index (χ1) is 14.9. The molecule has 0 bridgehead atoms. The summed E-state index contributed by atoms with van der Waals surface area (Å²) in [6.07, 6.45) is 2.55. The molecule has 5 rings (SSSR count). The quantitative estimate of drug-likeness (QED) is 0.677. The number of piperidine rings is 1. The van der Waals surface area contributed by atoms with Crippen molar-refractivity contribution in [1.29, 1.82) is 0 Å². The Bertz CT molecular complexity index is 1180. The minimum Gasteiger partial charge on any atom is -0.338 e. The van der Waals surface area contributed by atoms with Crippen LogP contribution in [-0.4, -0.2) is 61.0 Å². The fraction of sp³-hybridized carbons (Fsp3) is 0.545. The summed E-state index contributed by atoms with van der Waals surface area (Å²) in [6, 6.07) is 2.43. The molecule has 3 aromatic heterocycles. The van der Waals surface area contributed by atoms with Crippen LogP contribution in [0.1, 0.15) is 64.9 Å². The lowest BCUT2D eigenvalue weighted by atomic mass is 9.93. The van der Waals surface area contributed by atoms with Crippen molar-refractivity contribution < 1.29 is 4.79 Å². The number of rotatable bonds is 3. The van der Waals surface area contributed by atoms with Crippen LogP contribution in [-0.2, 0) is 13.0 Å². The summed E-state index contributed by atoms with van der Waals surface area (Å²) in [5.74, 6) is 0.368. The average Bonchev–Trinajstić information content (AvgIpc) is 3.39. The molecule has 0 radical (unpaired) electrons. The van der Waals surface area contributed by atoms with Gasteiger partial charge in [0.15, 0.2) is 5.65 Å². The summed E-state index contributed by atoms with van der Waals surface area (Å²) < 4.78 is 1.61. The van der Waals surface area contributed by atoms with Gasteiger partial charge in [-0.25, -0.2) is 14.5 Å². The Labute approximate surface area is 184 Å². The average molecular weight is 441 g/mol. The molecule has 5 heterocycles. The van der Waals surface area contributed by atoms with Crippen LogP contribution >= 0.6 is 11.3 Å². The van der Waals surface area contributed by atoms with Crippen LogP contribution in [0, 0.1) is 6.92 Å². The molecule has 0 spiro atoms. The summed E-state index contributed by atoms with van der Waals surface area (Å²) in [4.78, 5) is 39.9. The van der Waals surface area contributed by atoms with Crippen molar-refractivity contribution in [2.45, 2.75) is 58.5 Å². The number of thiazole rings is 1. The molecule has 1 fully saturated rings. The molecule has 0 aromatic carbocycles. The number of hydrogen-bond acceptors (Lipinski definition) is 6. The third-order valence-electron chi connectivity index (χ3n) is 6.70. The fourth-order valence-electron chi connectivity index (χ4n) is 4.72. The van der Waals surface area contributed by atoms with Crippen molar-refractivity contribution in [3.05, 3.63) is 49.5 Å². The van der Waals surface area contributed by atoms with Crippen LogP contribution in [0.25, 0.3) is 5.65 Å². The van der Waals surface area contributed by atoms with Crippen LogP contribution in [0.4, 0.5) is 0 Å². The van der Waals surface area contributed by atoms with Crippen LogP contribution in [0.5, 0.6) is 0 Å². The Kier molecular flexibility index (Phi) is 5.18. The van der Waals surface area contributed by atoms with E-state index < -0.39 is 0 Å². The van der Waals surface area contributed by atoms with E-state index in [4.69, 9.17) is 4.98 Å². The molecule has 0 saturated carbocycles. The molecule has 164 valence electrons. The van der Waals surface area contributed by atoms with Gasteiger partial charge in [0.05, 0.1) is 22.5 Å². The molecule has 1 saturated heterocycles. The molecule has 1 N–H and O–H groups in total. The van der Waals surface area contributed by atoms with Gasteiger partial charge in [-0.3, -0.25) is 19.6 Å². The molecule has 3 aromatic rings. The zero-order chi connectivity index (χ0) is 21.7. The molecule has 8 nitrogen and oxygen atoms in total. The lowest BCUT2D eigenvalue weighted by Gasteiger charge is -2.31. The number of nitrogens with one attached hydrogen (secondary N) is 1. The second kappa shape index (κ2) is 7.87. The number of hydrogen-bond donors (Lipinski definition) is 1. The van der Waals surface area contributed by atoms with E-state index in [1.165, 1.54) is 11.3 Å². The van der Waals surface area contributed by atoms with Gasteiger partial charge in [0.25, 0.3) is 11.5 Å². The minimum atomic E-state index is 0.0184. The first kappa shape index (κ1) is 20.4. The van der Waals surface area contributed by atoms with Crippen molar-refractivity contribution in [2.75, 3.05) is 19.6 Å². The van der Waals surface area contributed by atoms with Crippen molar-refractivity contribution in [2.24, 2.45) is 0 Å². The highest BCUT2D eigenvalue weighted by molar-refractivity contribution is 7.11. The number of amides is 1. The lowest BCUT2D eigenvalue weighted by molar-refractivity contribution is 0.0716. The van der Waals surface area contributed by atoms with E-state index in [1.807, 2.05) is 17.9 Å². The number of likely N-dealkylation sites (tertiary alicyclic amines) is 1. The van der Waals surface area contributed by atoms with E-state index in [-0.39, 0.29) is 17.4 Å². The van der Waals surface area contributed by atoms with Crippen molar-refractivity contribution >= 4 is 22.9 Å². The number of carbonyl (C=O) groups is 1. The number of carbonyl (C=O) groups excluding carboxylic acids is 1. The first-order valence-corrected chi connectivity index (χ1v) is 11.9. The molecule has 1 amide bonds. The topological polar surface area (TPSA) is 86.6 Å². The van der Waals surface area contributed by atoms with Gasteiger partial charge in [-0.2, -0.15) is 0 Å². The number of aryl methyl sites for hydroxylation is 1. The highest BCUT2D eigenvalue weighted by Crippen LogP contribution is 2.29. The van der Waals surface area contributed by atoms with Crippen molar-refractivity contribution in [3.63, 3.8) is 0 Å². The van der Waals surface area contributed by atoms with Gasteiger partial charge in [0.2, 0.25) is 0 Å². The van der Waals surface area contributed by atoms with Gasteiger partial charge in [-0.1, -0.05) is 0 Å². The van der Waals surface area contributed by atoms with E-state index in [0.29, 0.717) is 31.3 Å². The first-order valence-electron chi connectivity index (χ1n) is 11.0. The van der Waals surface area contributed by atoms with Crippen LogP contribution in [0.3, 0.4) is 0 Å². The van der Waals surface area contributed by atoms with E-state index in [2.05, 4.69) is 28.8 Å². The van der Waals surface area contributed by atoms with Gasteiger partial charge < -0.3 is 4.90 Å². The summed E-state index contributed by atoms with van der Waals surface area (Å²) in [5.41, 5.74) is 6.04. The van der Waals surface area contributed by atoms with Crippen LogP contribution in [0.15, 0.2) is 16.4 Å².